The van der Waals surface area contributed by atoms with Crippen LogP contribution in [0.2, 0.25) is 0 Å². The summed E-state index contributed by atoms with van der Waals surface area (Å²) in [5, 5.41) is 3.00. The largest absolute Gasteiger partial charge is 0.342 e. The summed E-state index contributed by atoms with van der Waals surface area (Å²) >= 11 is 1.72. The van der Waals surface area contributed by atoms with Crippen LogP contribution >= 0.6 is 11.8 Å². The van der Waals surface area contributed by atoms with E-state index in [-0.39, 0.29) is 40.9 Å². The SMILES string of the molecule is CCCCCCCC1SC(CC(=O)N2CCC(N3CCc4ccccc4NC3=O)CC2)C(=O)N1CCC(C)C. The molecule has 216 valence electrons. The molecule has 3 heterocycles. The molecule has 1 aromatic carbocycles. The fraction of sp³-hybridized carbons (Fsp3) is 0.710. The van der Waals surface area contributed by atoms with Gasteiger partial charge in [0.25, 0.3) is 0 Å². The molecule has 1 N–H and O–H groups in total. The summed E-state index contributed by atoms with van der Waals surface area (Å²) in [6.45, 7) is 9.40. The third-order valence-corrected chi connectivity index (χ3v) is 9.99. The third-order valence-electron chi connectivity index (χ3n) is 8.49. The van der Waals surface area contributed by atoms with Crippen LogP contribution in [0.5, 0.6) is 0 Å². The summed E-state index contributed by atoms with van der Waals surface area (Å²) in [4.78, 5) is 45.6. The van der Waals surface area contributed by atoms with Gasteiger partial charge < -0.3 is 20.0 Å². The monoisotopic (exact) mass is 556 g/mol. The van der Waals surface area contributed by atoms with Gasteiger partial charge in [-0.25, -0.2) is 4.79 Å². The van der Waals surface area contributed by atoms with Gasteiger partial charge in [-0.05, 0) is 49.7 Å². The van der Waals surface area contributed by atoms with Crippen LogP contribution in [0.1, 0.15) is 90.5 Å². The highest BCUT2D eigenvalue weighted by atomic mass is 32.2. The van der Waals surface area contributed by atoms with Crippen LogP contribution < -0.4 is 5.32 Å². The normalized spacial score (nSPS) is 22.3. The van der Waals surface area contributed by atoms with Crippen LogP contribution in [-0.2, 0) is 16.0 Å². The zero-order valence-corrected chi connectivity index (χ0v) is 25.0. The molecule has 0 radical (unpaired) electrons. The van der Waals surface area contributed by atoms with Gasteiger partial charge in [-0.1, -0.05) is 71.1 Å². The van der Waals surface area contributed by atoms with Crippen molar-refractivity contribution in [1.82, 2.24) is 14.7 Å². The lowest BCUT2D eigenvalue weighted by Crippen LogP contribution is -2.50. The zero-order valence-electron chi connectivity index (χ0n) is 24.2. The quantitative estimate of drug-likeness (QED) is 0.314. The Kier molecular flexibility index (Phi) is 11.0. The van der Waals surface area contributed by atoms with E-state index in [1.807, 2.05) is 28.0 Å². The van der Waals surface area contributed by atoms with Crippen LogP contribution in [0.4, 0.5) is 10.5 Å². The van der Waals surface area contributed by atoms with Gasteiger partial charge in [0, 0.05) is 44.3 Å². The molecule has 1 aromatic rings. The lowest BCUT2D eigenvalue weighted by Gasteiger charge is -2.38. The Morgan fingerprint density at radius 3 is 2.54 bits per heavy atom. The van der Waals surface area contributed by atoms with E-state index in [1.54, 1.807) is 11.8 Å². The molecule has 39 heavy (non-hydrogen) atoms. The van der Waals surface area contributed by atoms with E-state index in [4.69, 9.17) is 0 Å². The van der Waals surface area contributed by atoms with Crippen molar-refractivity contribution in [3.05, 3.63) is 29.8 Å². The van der Waals surface area contributed by atoms with Gasteiger partial charge >= 0.3 is 6.03 Å². The average molecular weight is 557 g/mol. The fourth-order valence-corrected chi connectivity index (χ4v) is 7.56. The number of carbonyl (C=O) groups excluding carboxylic acids is 3. The van der Waals surface area contributed by atoms with Crippen molar-refractivity contribution >= 4 is 35.3 Å². The van der Waals surface area contributed by atoms with E-state index in [1.165, 1.54) is 31.2 Å². The molecule has 0 saturated carbocycles. The number of thioether (sulfide) groups is 1. The maximum absolute atomic E-state index is 13.4. The highest BCUT2D eigenvalue weighted by Crippen LogP contribution is 2.37. The van der Waals surface area contributed by atoms with Crippen molar-refractivity contribution in [3.8, 4) is 0 Å². The number of fused-ring (bicyclic) bond motifs is 1. The second-order valence-corrected chi connectivity index (χ2v) is 13.2. The van der Waals surface area contributed by atoms with E-state index in [0.29, 0.717) is 25.6 Å². The van der Waals surface area contributed by atoms with Crippen molar-refractivity contribution in [1.29, 1.82) is 0 Å². The summed E-state index contributed by atoms with van der Waals surface area (Å²) in [5.41, 5.74) is 2.07. The molecule has 2 unspecified atom stereocenters. The Morgan fingerprint density at radius 1 is 1.05 bits per heavy atom. The number of anilines is 1. The Morgan fingerprint density at radius 2 is 1.79 bits per heavy atom. The predicted octanol–water partition coefficient (Wildman–Crippen LogP) is 6.13. The van der Waals surface area contributed by atoms with Gasteiger partial charge in [0.1, 0.15) is 0 Å². The van der Waals surface area contributed by atoms with Crippen molar-refractivity contribution in [2.24, 2.45) is 5.92 Å². The van der Waals surface area contributed by atoms with Gasteiger partial charge in [-0.2, -0.15) is 0 Å². The van der Waals surface area contributed by atoms with E-state index < -0.39 is 0 Å². The van der Waals surface area contributed by atoms with E-state index in [9.17, 15) is 14.4 Å². The number of carbonyl (C=O) groups is 3. The number of rotatable bonds is 12. The zero-order chi connectivity index (χ0) is 27.8. The molecule has 2 fully saturated rings. The first kappa shape index (κ1) is 29.8. The van der Waals surface area contributed by atoms with Gasteiger partial charge in [-0.3, -0.25) is 9.59 Å². The summed E-state index contributed by atoms with van der Waals surface area (Å²) in [7, 11) is 0. The summed E-state index contributed by atoms with van der Waals surface area (Å²) in [6.07, 6.45) is 10.8. The van der Waals surface area contributed by atoms with Crippen molar-refractivity contribution in [2.45, 2.75) is 108 Å². The number of benzene rings is 1. The summed E-state index contributed by atoms with van der Waals surface area (Å²) in [6, 6.07) is 8.09. The summed E-state index contributed by atoms with van der Waals surface area (Å²) < 4.78 is 0. The molecule has 4 amide bonds. The van der Waals surface area contributed by atoms with E-state index >= 15 is 0 Å². The van der Waals surface area contributed by atoms with Crippen molar-refractivity contribution in [3.63, 3.8) is 0 Å². The second-order valence-electron chi connectivity index (χ2n) is 11.8. The molecule has 0 aromatic heterocycles. The minimum atomic E-state index is -0.266. The van der Waals surface area contributed by atoms with Crippen LogP contribution in [0.15, 0.2) is 24.3 Å². The fourth-order valence-electron chi connectivity index (χ4n) is 6.03. The summed E-state index contributed by atoms with van der Waals surface area (Å²) in [5.74, 6) is 0.790. The van der Waals surface area contributed by atoms with E-state index in [0.717, 1.165) is 50.8 Å². The third kappa shape index (κ3) is 7.92. The Balaban J connectivity index is 1.27. The highest BCUT2D eigenvalue weighted by Gasteiger charge is 2.41. The second kappa shape index (κ2) is 14.4. The Labute approximate surface area is 239 Å². The Bertz CT molecular complexity index is 978. The molecule has 7 nitrogen and oxygen atoms in total. The van der Waals surface area contributed by atoms with Crippen LogP contribution in [0.3, 0.4) is 0 Å². The van der Waals surface area contributed by atoms with Gasteiger partial charge in [0.2, 0.25) is 11.8 Å². The van der Waals surface area contributed by atoms with Crippen molar-refractivity contribution in [2.75, 3.05) is 31.5 Å². The number of piperidine rings is 1. The number of likely N-dealkylation sites (tertiary alicyclic amines) is 1. The van der Waals surface area contributed by atoms with Gasteiger partial charge in [-0.15, -0.1) is 11.8 Å². The number of amides is 4. The first-order valence-electron chi connectivity index (χ1n) is 15.3. The maximum Gasteiger partial charge on any atom is 0.322 e. The molecular formula is C31H48N4O3S. The number of hydrogen-bond acceptors (Lipinski definition) is 4. The molecule has 2 saturated heterocycles. The van der Waals surface area contributed by atoms with Gasteiger partial charge in [0.05, 0.1) is 10.6 Å². The van der Waals surface area contributed by atoms with Gasteiger partial charge in [0.15, 0.2) is 0 Å². The number of para-hydroxylation sites is 1. The molecule has 8 heteroatoms. The van der Waals surface area contributed by atoms with Crippen LogP contribution in [-0.4, -0.2) is 75.4 Å². The topological polar surface area (TPSA) is 73.0 Å². The molecule has 0 spiro atoms. The molecule has 2 atom stereocenters. The van der Waals surface area contributed by atoms with E-state index in [2.05, 4.69) is 37.1 Å². The van der Waals surface area contributed by atoms with Crippen molar-refractivity contribution < 1.29 is 14.4 Å². The number of urea groups is 1. The molecule has 0 bridgehead atoms. The van der Waals surface area contributed by atoms with Crippen LogP contribution in [0, 0.1) is 5.92 Å². The lowest BCUT2D eigenvalue weighted by molar-refractivity contribution is -0.136. The maximum atomic E-state index is 13.4. The number of unbranched alkanes of at least 4 members (excludes halogenated alkanes) is 4. The molecule has 3 aliphatic heterocycles. The standard InChI is InChI=1S/C31H48N4O3S/c1-4-5-6-7-8-13-29-35(20-14-23(2)3)30(37)27(39-29)22-28(36)33-18-16-25(17-19-33)34-21-15-24-11-9-10-12-26(24)32-31(34)38/h9-12,23,25,27,29H,4-8,13-22H2,1-3H3,(H,32,38). The number of nitrogens with one attached hydrogen (secondary N) is 1. The molecule has 4 rings (SSSR count). The minimum absolute atomic E-state index is 0.0418. The first-order valence-corrected chi connectivity index (χ1v) is 16.2. The lowest BCUT2D eigenvalue weighted by atomic mass is 10.0. The van der Waals surface area contributed by atoms with Crippen LogP contribution in [0.25, 0.3) is 0 Å². The molecular weight excluding hydrogens is 508 g/mol. The minimum Gasteiger partial charge on any atom is -0.342 e. The number of hydrogen-bond donors (Lipinski definition) is 1. The average Bonchev–Trinajstić information content (AvgIpc) is 3.10. The number of nitrogens with zero attached hydrogens (tertiary/aromatic N) is 3. The first-order chi connectivity index (χ1) is 18.9. The predicted molar refractivity (Wildman–Crippen MR) is 160 cm³/mol. The molecule has 0 aliphatic carbocycles. The molecule has 3 aliphatic rings. The smallest absolute Gasteiger partial charge is 0.322 e. The highest BCUT2D eigenvalue weighted by molar-refractivity contribution is 8.01. The Hall–Kier alpha value is -2.22.